The molecular formula is C16H9BrF2OS. The maximum atomic E-state index is 13.6. The van der Waals surface area contributed by atoms with Crippen LogP contribution in [0, 0.1) is 11.6 Å². The molecule has 0 aliphatic heterocycles. The highest BCUT2D eigenvalue weighted by Crippen LogP contribution is 2.33. The summed E-state index contributed by atoms with van der Waals surface area (Å²) in [5, 5.41) is 2.59. The lowest BCUT2D eigenvalue weighted by Crippen LogP contribution is -2.05. The van der Waals surface area contributed by atoms with E-state index in [0.717, 1.165) is 20.6 Å². The van der Waals surface area contributed by atoms with Gasteiger partial charge in [0, 0.05) is 31.9 Å². The van der Waals surface area contributed by atoms with Crippen molar-refractivity contribution >= 4 is 43.1 Å². The molecular weight excluding hydrogens is 358 g/mol. The number of Topliss-reactive ketones (excluding diaryl/α,β-unsaturated/α-hetero) is 1. The third kappa shape index (κ3) is 2.63. The maximum absolute atomic E-state index is 13.6. The molecule has 3 aromatic rings. The number of fused-ring (bicyclic) bond motifs is 1. The third-order valence-electron chi connectivity index (χ3n) is 3.23. The molecule has 0 aliphatic carbocycles. The summed E-state index contributed by atoms with van der Waals surface area (Å²) in [6, 6.07) is 9.48. The van der Waals surface area contributed by atoms with Crippen molar-refractivity contribution in [2.24, 2.45) is 0 Å². The lowest BCUT2D eigenvalue weighted by Gasteiger charge is -2.03. The molecule has 0 N–H and O–H groups in total. The molecule has 106 valence electrons. The van der Waals surface area contributed by atoms with Gasteiger partial charge in [-0.2, -0.15) is 0 Å². The van der Waals surface area contributed by atoms with Crippen molar-refractivity contribution in [3.05, 3.63) is 69.0 Å². The first-order chi connectivity index (χ1) is 10.1. The lowest BCUT2D eigenvalue weighted by atomic mass is 10.0. The fourth-order valence-electron chi connectivity index (χ4n) is 2.19. The van der Waals surface area contributed by atoms with E-state index in [4.69, 9.17) is 0 Å². The quantitative estimate of drug-likeness (QED) is 0.569. The summed E-state index contributed by atoms with van der Waals surface area (Å²) in [7, 11) is 0. The van der Waals surface area contributed by atoms with E-state index in [1.165, 1.54) is 23.5 Å². The normalized spacial score (nSPS) is 11.0. The Morgan fingerprint density at radius 1 is 1.14 bits per heavy atom. The average Bonchev–Trinajstić information content (AvgIpc) is 2.89. The number of halogens is 3. The van der Waals surface area contributed by atoms with Gasteiger partial charge < -0.3 is 0 Å². The second-order valence-corrected chi connectivity index (χ2v) is 6.31. The topological polar surface area (TPSA) is 17.1 Å². The number of benzene rings is 2. The largest absolute Gasteiger partial charge is 0.294 e. The predicted molar refractivity (Wildman–Crippen MR) is 83.9 cm³/mol. The first kappa shape index (κ1) is 14.4. The molecule has 5 heteroatoms. The molecule has 0 radical (unpaired) electrons. The summed E-state index contributed by atoms with van der Waals surface area (Å²) in [5.41, 5.74) is 0.620. The van der Waals surface area contributed by atoms with E-state index < -0.39 is 11.6 Å². The number of carbonyl (C=O) groups is 1. The van der Waals surface area contributed by atoms with Crippen LogP contribution in [0.5, 0.6) is 0 Å². The Kier molecular flexibility index (Phi) is 3.87. The van der Waals surface area contributed by atoms with E-state index in [1.807, 2.05) is 18.2 Å². The smallest absolute Gasteiger partial charge is 0.168 e. The van der Waals surface area contributed by atoms with Crippen LogP contribution >= 0.6 is 27.3 Å². The van der Waals surface area contributed by atoms with Gasteiger partial charge in [0.2, 0.25) is 0 Å². The summed E-state index contributed by atoms with van der Waals surface area (Å²) in [6.45, 7) is 0. The molecule has 1 nitrogen and oxygen atoms in total. The highest BCUT2D eigenvalue weighted by atomic mass is 79.9. The van der Waals surface area contributed by atoms with Gasteiger partial charge >= 0.3 is 0 Å². The summed E-state index contributed by atoms with van der Waals surface area (Å²) in [4.78, 5) is 12.4. The SMILES string of the molecule is O=C(Cc1cccc(F)c1F)c1csc2c(Br)cccc12. The minimum absolute atomic E-state index is 0.0781. The molecule has 0 fully saturated rings. The molecule has 0 amide bonds. The Bertz CT molecular complexity index is 841. The van der Waals surface area contributed by atoms with Gasteiger partial charge in [-0.15, -0.1) is 11.3 Å². The van der Waals surface area contributed by atoms with Gasteiger partial charge in [0.25, 0.3) is 0 Å². The number of thiophene rings is 1. The Balaban J connectivity index is 1.98. The van der Waals surface area contributed by atoms with Crippen LogP contribution in [0.3, 0.4) is 0 Å². The summed E-state index contributed by atoms with van der Waals surface area (Å²) in [6.07, 6.45) is -0.151. The summed E-state index contributed by atoms with van der Waals surface area (Å²) >= 11 is 4.89. The zero-order valence-corrected chi connectivity index (χ0v) is 13.1. The minimum Gasteiger partial charge on any atom is -0.294 e. The zero-order chi connectivity index (χ0) is 15.0. The van der Waals surface area contributed by atoms with Crippen LogP contribution in [0.2, 0.25) is 0 Å². The second kappa shape index (κ2) is 5.66. The van der Waals surface area contributed by atoms with Crippen molar-refractivity contribution in [1.82, 2.24) is 0 Å². The van der Waals surface area contributed by atoms with Crippen molar-refractivity contribution < 1.29 is 13.6 Å². The van der Waals surface area contributed by atoms with E-state index in [0.29, 0.717) is 5.56 Å². The van der Waals surface area contributed by atoms with Crippen molar-refractivity contribution in [2.45, 2.75) is 6.42 Å². The molecule has 0 unspecified atom stereocenters. The predicted octanol–water partition coefficient (Wildman–Crippen LogP) is 5.37. The van der Waals surface area contributed by atoms with Crippen LogP contribution in [0.15, 0.2) is 46.3 Å². The van der Waals surface area contributed by atoms with Crippen molar-refractivity contribution in [1.29, 1.82) is 0 Å². The molecule has 0 saturated heterocycles. The molecule has 1 aromatic heterocycles. The maximum Gasteiger partial charge on any atom is 0.168 e. The number of hydrogen-bond donors (Lipinski definition) is 0. The van der Waals surface area contributed by atoms with Crippen molar-refractivity contribution in [3.8, 4) is 0 Å². The molecule has 0 bridgehead atoms. The van der Waals surface area contributed by atoms with E-state index >= 15 is 0 Å². The van der Waals surface area contributed by atoms with Crippen LogP contribution in [-0.4, -0.2) is 5.78 Å². The highest BCUT2D eigenvalue weighted by molar-refractivity contribution is 9.10. The van der Waals surface area contributed by atoms with Gasteiger partial charge in [-0.25, -0.2) is 8.78 Å². The summed E-state index contributed by atoms with van der Waals surface area (Å²) < 4.78 is 28.7. The van der Waals surface area contributed by atoms with Crippen LogP contribution in [0.1, 0.15) is 15.9 Å². The van der Waals surface area contributed by atoms with E-state index in [9.17, 15) is 13.6 Å². The molecule has 0 spiro atoms. The van der Waals surface area contributed by atoms with Gasteiger partial charge in [0.05, 0.1) is 0 Å². The number of hydrogen-bond acceptors (Lipinski definition) is 2. The van der Waals surface area contributed by atoms with Crippen LogP contribution in [0.4, 0.5) is 8.78 Å². The first-order valence-electron chi connectivity index (χ1n) is 6.19. The molecule has 0 saturated carbocycles. The van der Waals surface area contributed by atoms with E-state index in [-0.39, 0.29) is 17.8 Å². The van der Waals surface area contributed by atoms with Crippen molar-refractivity contribution in [3.63, 3.8) is 0 Å². The van der Waals surface area contributed by atoms with Gasteiger partial charge in [0.15, 0.2) is 17.4 Å². The van der Waals surface area contributed by atoms with Gasteiger partial charge in [-0.05, 0) is 33.6 Å². The van der Waals surface area contributed by atoms with E-state index in [1.54, 1.807) is 5.38 Å². The molecule has 0 atom stereocenters. The highest BCUT2D eigenvalue weighted by Gasteiger charge is 2.17. The van der Waals surface area contributed by atoms with Crippen molar-refractivity contribution in [2.75, 3.05) is 0 Å². The van der Waals surface area contributed by atoms with Crippen LogP contribution in [-0.2, 0) is 6.42 Å². The Morgan fingerprint density at radius 3 is 2.71 bits per heavy atom. The third-order valence-corrected chi connectivity index (χ3v) is 5.19. The number of ketones is 1. The Hall–Kier alpha value is -1.59. The summed E-state index contributed by atoms with van der Waals surface area (Å²) in [5.74, 6) is -2.10. The Morgan fingerprint density at radius 2 is 1.90 bits per heavy atom. The molecule has 1 heterocycles. The number of rotatable bonds is 3. The number of carbonyl (C=O) groups excluding carboxylic acids is 1. The van der Waals surface area contributed by atoms with Crippen LogP contribution < -0.4 is 0 Å². The standard InChI is InChI=1S/C16H9BrF2OS/c17-12-5-2-4-10-11(8-21-16(10)12)14(20)7-9-3-1-6-13(18)15(9)19/h1-6,8H,7H2. The molecule has 0 aliphatic rings. The van der Waals surface area contributed by atoms with Gasteiger partial charge in [0.1, 0.15) is 0 Å². The first-order valence-corrected chi connectivity index (χ1v) is 7.87. The van der Waals surface area contributed by atoms with E-state index in [2.05, 4.69) is 15.9 Å². The monoisotopic (exact) mass is 366 g/mol. The minimum atomic E-state index is -0.952. The average molecular weight is 367 g/mol. The second-order valence-electron chi connectivity index (χ2n) is 4.58. The lowest BCUT2D eigenvalue weighted by molar-refractivity contribution is 0.0993. The van der Waals surface area contributed by atoms with Crippen LogP contribution in [0.25, 0.3) is 10.1 Å². The molecule has 3 rings (SSSR count). The molecule has 21 heavy (non-hydrogen) atoms. The van der Waals surface area contributed by atoms with Gasteiger partial charge in [-0.1, -0.05) is 24.3 Å². The zero-order valence-electron chi connectivity index (χ0n) is 10.7. The Labute approximate surface area is 132 Å². The fraction of sp³-hybridized carbons (Fsp3) is 0.0625. The fourth-order valence-corrected chi connectivity index (χ4v) is 3.82. The molecule has 2 aromatic carbocycles. The van der Waals surface area contributed by atoms with Gasteiger partial charge in [-0.3, -0.25) is 4.79 Å².